The number of amides is 3. The average Bonchev–Trinajstić information content (AvgIpc) is 3.24. The molecule has 3 amide bonds. The predicted molar refractivity (Wildman–Crippen MR) is 106 cm³/mol. The highest BCUT2D eigenvalue weighted by Crippen LogP contribution is 2.42. The van der Waals surface area contributed by atoms with Gasteiger partial charge in [-0.15, -0.1) is 11.3 Å². The van der Waals surface area contributed by atoms with Crippen LogP contribution in [0.25, 0.3) is 0 Å². The molecule has 2 aromatic rings. The van der Waals surface area contributed by atoms with Crippen molar-refractivity contribution in [1.82, 2.24) is 9.88 Å². The fraction of sp³-hybridized carbons (Fsp3) is 0.450. The van der Waals surface area contributed by atoms with Crippen molar-refractivity contribution in [2.45, 2.75) is 38.0 Å². The Bertz CT molecular complexity index is 915. The maximum absolute atomic E-state index is 12.4. The lowest BCUT2D eigenvalue weighted by atomic mass is 9.90. The van der Waals surface area contributed by atoms with Gasteiger partial charge in [0.2, 0.25) is 5.91 Å². The monoisotopic (exact) mass is 382 g/mol. The number of hydrogen-bond acceptors (Lipinski definition) is 4. The number of carbonyl (C=O) groups excluding carboxylic acids is 2. The van der Waals surface area contributed by atoms with E-state index in [2.05, 4.69) is 11.4 Å². The van der Waals surface area contributed by atoms with Crippen molar-refractivity contribution in [2.24, 2.45) is 0 Å². The van der Waals surface area contributed by atoms with Crippen molar-refractivity contribution < 1.29 is 9.59 Å². The number of fused-ring (bicyclic) bond motifs is 2. The second-order valence-corrected chi connectivity index (χ2v) is 8.68. The number of nitrogens with one attached hydrogen (secondary N) is 1. The maximum atomic E-state index is 12.4. The Morgan fingerprint density at radius 2 is 2.04 bits per heavy atom. The minimum atomic E-state index is 0.00114. The van der Waals surface area contributed by atoms with Crippen molar-refractivity contribution in [1.29, 1.82) is 0 Å². The van der Waals surface area contributed by atoms with Crippen molar-refractivity contribution >= 4 is 34.6 Å². The number of thiazole rings is 1. The van der Waals surface area contributed by atoms with Gasteiger partial charge in [0.1, 0.15) is 5.01 Å². The second-order valence-electron chi connectivity index (χ2n) is 7.56. The van der Waals surface area contributed by atoms with Gasteiger partial charge < -0.3 is 10.2 Å². The van der Waals surface area contributed by atoms with Crippen LogP contribution in [0.15, 0.2) is 18.2 Å². The Morgan fingerprint density at radius 3 is 2.81 bits per heavy atom. The SMILES string of the molecule is CN1CCN(c2ccc3c(c2)NC(=O)CC3c2nc3c(s2)CCCC3)C1=O. The Hall–Kier alpha value is -2.41. The highest BCUT2D eigenvalue weighted by Gasteiger charge is 2.32. The van der Waals surface area contributed by atoms with E-state index < -0.39 is 0 Å². The number of nitrogens with zero attached hydrogens (tertiary/aromatic N) is 3. The molecule has 7 heteroatoms. The van der Waals surface area contributed by atoms with Crippen molar-refractivity contribution in [3.05, 3.63) is 39.3 Å². The molecule has 1 atom stereocenters. The first kappa shape index (κ1) is 16.7. The third kappa shape index (κ3) is 2.81. The smallest absolute Gasteiger partial charge is 0.324 e. The van der Waals surface area contributed by atoms with Crippen molar-refractivity contribution in [3.8, 4) is 0 Å². The van der Waals surface area contributed by atoms with Crippen molar-refractivity contribution in [2.75, 3.05) is 30.4 Å². The summed E-state index contributed by atoms with van der Waals surface area (Å²) in [6.45, 7) is 1.39. The number of aromatic nitrogens is 1. The predicted octanol–water partition coefficient (Wildman–Crippen LogP) is 3.37. The fourth-order valence-electron chi connectivity index (χ4n) is 4.25. The summed E-state index contributed by atoms with van der Waals surface area (Å²) in [5, 5.41) is 4.06. The summed E-state index contributed by atoms with van der Waals surface area (Å²) in [7, 11) is 1.81. The topological polar surface area (TPSA) is 65.5 Å². The highest BCUT2D eigenvalue weighted by atomic mass is 32.1. The van der Waals surface area contributed by atoms with Crippen molar-refractivity contribution in [3.63, 3.8) is 0 Å². The van der Waals surface area contributed by atoms with Gasteiger partial charge in [-0.3, -0.25) is 9.69 Å². The fourth-order valence-corrected chi connectivity index (χ4v) is 5.52. The third-order valence-electron chi connectivity index (χ3n) is 5.76. The summed E-state index contributed by atoms with van der Waals surface area (Å²) in [6, 6.07) is 5.99. The first-order valence-electron chi connectivity index (χ1n) is 9.55. The Kier molecular flexibility index (Phi) is 3.93. The normalized spacial score (nSPS) is 21.9. The number of likely N-dealkylation sites (N-methyl/N-ethyl adjacent to an activating group) is 1. The van der Waals surface area contributed by atoms with Gasteiger partial charge in [-0.25, -0.2) is 9.78 Å². The van der Waals surface area contributed by atoms with E-state index in [1.54, 1.807) is 21.1 Å². The molecule has 6 nitrogen and oxygen atoms in total. The van der Waals surface area contributed by atoms with Gasteiger partial charge in [-0.2, -0.15) is 0 Å². The molecule has 27 heavy (non-hydrogen) atoms. The molecule has 0 bridgehead atoms. The number of anilines is 2. The molecule has 1 fully saturated rings. The van der Waals surface area contributed by atoms with E-state index in [1.807, 2.05) is 19.2 Å². The molecule has 1 aliphatic carbocycles. The molecule has 1 aromatic carbocycles. The average molecular weight is 382 g/mol. The van der Waals surface area contributed by atoms with E-state index in [-0.39, 0.29) is 17.9 Å². The van der Waals surface area contributed by atoms with Gasteiger partial charge in [0.15, 0.2) is 0 Å². The summed E-state index contributed by atoms with van der Waals surface area (Å²) in [4.78, 5) is 34.4. The minimum Gasteiger partial charge on any atom is -0.326 e. The van der Waals surface area contributed by atoms with Gasteiger partial charge >= 0.3 is 6.03 Å². The Morgan fingerprint density at radius 1 is 1.19 bits per heavy atom. The lowest BCUT2D eigenvalue weighted by molar-refractivity contribution is -0.116. The van der Waals surface area contributed by atoms with Gasteiger partial charge in [0, 0.05) is 48.7 Å². The molecular formula is C20H22N4O2S. The van der Waals surface area contributed by atoms with E-state index in [1.165, 1.54) is 23.4 Å². The third-order valence-corrected chi connectivity index (χ3v) is 7.04. The molecule has 0 radical (unpaired) electrons. The number of carbonyl (C=O) groups is 2. The summed E-state index contributed by atoms with van der Waals surface area (Å²) >= 11 is 1.78. The summed E-state index contributed by atoms with van der Waals surface area (Å²) < 4.78 is 0. The summed E-state index contributed by atoms with van der Waals surface area (Å²) in [5.74, 6) is 0.0260. The van der Waals surface area contributed by atoms with Crippen LogP contribution in [0.2, 0.25) is 0 Å². The van der Waals surface area contributed by atoms with Gasteiger partial charge in [0.25, 0.3) is 0 Å². The standard InChI is InChI=1S/C20H22N4O2S/c1-23-8-9-24(20(23)26)12-6-7-13-14(11-18(25)21-16(13)10-12)19-22-15-4-2-3-5-17(15)27-19/h6-7,10,14H,2-5,8-9,11H2,1H3,(H,21,25). The van der Waals surface area contributed by atoms with E-state index in [4.69, 9.17) is 4.98 Å². The van der Waals surface area contributed by atoms with Gasteiger partial charge in [-0.1, -0.05) is 6.07 Å². The number of urea groups is 1. The van der Waals surface area contributed by atoms with Crippen LogP contribution in [0.4, 0.5) is 16.2 Å². The van der Waals surface area contributed by atoms with E-state index in [9.17, 15) is 9.59 Å². The molecule has 1 N–H and O–H groups in total. The van der Waals surface area contributed by atoms with Crippen LogP contribution in [-0.2, 0) is 17.6 Å². The van der Waals surface area contributed by atoms with Gasteiger partial charge in [0.05, 0.1) is 5.69 Å². The number of rotatable bonds is 2. The molecule has 3 heterocycles. The molecule has 140 valence electrons. The second kappa shape index (κ2) is 6.34. The largest absolute Gasteiger partial charge is 0.326 e. The molecule has 1 saturated heterocycles. The van der Waals surface area contributed by atoms with E-state index in [0.717, 1.165) is 41.3 Å². The molecule has 0 saturated carbocycles. The zero-order chi connectivity index (χ0) is 18.5. The lowest BCUT2D eigenvalue weighted by Crippen LogP contribution is -2.30. The molecule has 3 aliphatic rings. The maximum Gasteiger partial charge on any atom is 0.324 e. The molecule has 2 aliphatic heterocycles. The quantitative estimate of drug-likeness (QED) is 0.866. The molecular weight excluding hydrogens is 360 g/mol. The lowest BCUT2D eigenvalue weighted by Gasteiger charge is -2.26. The molecule has 5 rings (SSSR count). The van der Waals surface area contributed by atoms with Crippen LogP contribution in [-0.4, -0.2) is 42.0 Å². The van der Waals surface area contributed by atoms with Crippen LogP contribution in [0, 0.1) is 0 Å². The zero-order valence-corrected chi connectivity index (χ0v) is 16.1. The number of aryl methyl sites for hydroxylation is 2. The number of hydrogen-bond donors (Lipinski definition) is 1. The zero-order valence-electron chi connectivity index (χ0n) is 15.3. The summed E-state index contributed by atoms with van der Waals surface area (Å²) in [5.41, 5.74) is 3.98. The molecule has 1 unspecified atom stereocenters. The van der Waals surface area contributed by atoms with Crippen LogP contribution in [0.1, 0.15) is 46.3 Å². The summed E-state index contributed by atoms with van der Waals surface area (Å²) in [6.07, 6.45) is 5.05. The molecule has 0 spiro atoms. The van der Waals surface area contributed by atoms with Crippen LogP contribution in [0.3, 0.4) is 0 Å². The van der Waals surface area contributed by atoms with Crippen LogP contribution >= 0.6 is 11.3 Å². The Balaban J connectivity index is 1.51. The minimum absolute atomic E-state index is 0.00114. The molecule has 1 aromatic heterocycles. The first-order valence-corrected chi connectivity index (χ1v) is 10.4. The van der Waals surface area contributed by atoms with Crippen LogP contribution in [0.5, 0.6) is 0 Å². The van der Waals surface area contributed by atoms with E-state index >= 15 is 0 Å². The first-order chi connectivity index (χ1) is 13.1. The number of benzene rings is 1. The highest BCUT2D eigenvalue weighted by molar-refractivity contribution is 7.11. The van der Waals surface area contributed by atoms with E-state index in [0.29, 0.717) is 13.0 Å². The van der Waals surface area contributed by atoms with Crippen LogP contribution < -0.4 is 10.2 Å². The van der Waals surface area contributed by atoms with Gasteiger partial charge in [-0.05, 0) is 43.4 Å². The Labute approximate surface area is 162 Å².